The van der Waals surface area contributed by atoms with E-state index in [1.165, 1.54) is 6.26 Å². The molecule has 3 rings (SSSR count). The van der Waals surface area contributed by atoms with Crippen molar-refractivity contribution in [1.29, 1.82) is 0 Å². The van der Waals surface area contributed by atoms with E-state index in [1.54, 1.807) is 11.3 Å². The highest BCUT2D eigenvalue weighted by atomic mass is 35.5. The summed E-state index contributed by atoms with van der Waals surface area (Å²) in [5.41, 5.74) is 1.87. The topological polar surface area (TPSA) is 26.3 Å². The molecule has 0 bridgehead atoms. The molecule has 1 aromatic heterocycles. The molecule has 0 radical (unpaired) electrons. The van der Waals surface area contributed by atoms with Crippen LogP contribution in [0.1, 0.15) is 10.4 Å². The minimum Gasteiger partial charge on any atom is -0.436 e. The Morgan fingerprint density at radius 1 is 1.10 bits per heavy atom. The Kier molecular flexibility index (Phi) is 4.04. The van der Waals surface area contributed by atoms with Gasteiger partial charge in [-0.15, -0.1) is 11.3 Å². The van der Waals surface area contributed by atoms with E-state index >= 15 is 0 Å². The van der Waals surface area contributed by atoms with Gasteiger partial charge in [-0.2, -0.15) is 0 Å². The summed E-state index contributed by atoms with van der Waals surface area (Å²) < 4.78 is 6.00. The molecule has 0 amide bonds. The molecule has 0 saturated heterocycles. The van der Waals surface area contributed by atoms with Gasteiger partial charge in [0.25, 0.3) is 6.47 Å². The first-order valence-electron chi connectivity index (χ1n) is 6.32. The van der Waals surface area contributed by atoms with E-state index in [1.807, 2.05) is 48.5 Å². The lowest BCUT2D eigenvalue weighted by atomic mass is 10.1. The van der Waals surface area contributed by atoms with Crippen LogP contribution in [-0.2, 0) is 9.53 Å². The van der Waals surface area contributed by atoms with Crippen molar-refractivity contribution >= 4 is 45.1 Å². The first-order chi connectivity index (χ1) is 10.3. The number of carbonyl (C=O) groups excluding carboxylic acids is 1. The molecule has 0 fully saturated rings. The van der Waals surface area contributed by atoms with Crippen LogP contribution in [0.5, 0.6) is 0 Å². The molecule has 0 N–H and O–H groups in total. The number of carbonyl (C=O) groups is 1. The normalized spacial score (nSPS) is 11.6. The lowest BCUT2D eigenvalue weighted by molar-refractivity contribution is -0.123. The molecular formula is C17H11ClO2S. The van der Waals surface area contributed by atoms with Gasteiger partial charge in [0.1, 0.15) is 6.26 Å². The van der Waals surface area contributed by atoms with Crippen LogP contribution in [-0.4, -0.2) is 6.47 Å². The van der Waals surface area contributed by atoms with Crippen molar-refractivity contribution in [2.45, 2.75) is 0 Å². The Morgan fingerprint density at radius 2 is 1.90 bits per heavy atom. The van der Waals surface area contributed by atoms with Gasteiger partial charge in [0.2, 0.25) is 0 Å². The van der Waals surface area contributed by atoms with Crippen molar-refractivity contribution in [3.05, 3.63) is 76.3 Å². The lowest BCUT2D eigenvalue weighted by Gasteiger charge is -2.04. The molecule has 0 aliphatic carbocycles. The number of thiophene rings is 1. The number of fused-ring (bicyclic) bond motifs is 1. The van der Waals surface area contributed by atoms with Gasteiger partial charge in [-0.25, -0.2) is 0 Å². The van der Waals surface area contributed by atoms with Crippen molar-refractivity contribution in [1.82, 2.24) is 0 Å². The summed E-state index contributed by atoms with van der Waals surface area (Å²) in [6.07, 6.45) is 1.48. The van der Waals surface area contributed by atoms with Crippen LogP contribution in [0.3, 0.4) is 0 Å². The van der Waals surface area contributed by atoms with Gasteiger partial charge in [0.15, 0.2) is 0 Å². The Balaban J connectivity index is 2.12. The summed E-state index contributed by atoms with van der Waals surface area (Å²) in [5.74, 6) is 0. The van der Waals surface area contributed by atoms with E-state index in [2.05, 4.69) is 6.07 Å². The van der Waals surface area contributed by atoms with E-state index in [0.717, 1.165) is 26.1 Å². The minimum atomic E-state index is 0.424. The van der Waals surface area contributed by atoms with E-state index < -0.39 is 0 Å². The largest absolute Gasteiger partial charge is 0.436 e. The second-order valence-electron chi connectivity index (χ2n) is 4.42. The lowest BCUT2D eigenvalue weighted by Crippen LogP contribution is -1.86. The standard InChI is InChI=1S/C17H11ClO2S/c18-14-6-7-16-13(8-14)9-17(21-16)15(10-20-11-19)12-4-2-1-3-5-12/h1-11H/b15-10-. The third-order valence-electron chi connectivity index (χ3n) is 3.07. The molecule has 2 aromatic carbocycles. The predicted octanol–water partition coefficient (Wildman–Crippen LogP) is 5.12. The van der Waals surface area contributed by atoms with Crippen LogP contribution >= 0.6 is 22.9 Å². The maximum Gasteiger partial charge on any atom is 0.297 e. The first kappa shape index (κ1) is 13.9. The third kappa shape index (κ3) is 2.99. The molecule has 0 spiro atoms. The highest BCUT2D eigenvalue weighted by Crippen LogP contribution is 2.35. The van der Waals surface area contributed by atoms with Gasteiger partial charge in [0, 0.05) is 20.2 Å². The van der Waals surface area contributed by atoms with Crippen LogP contribution in [0.2, 0.25) is 5.02 Å². The Morgan fingerprint density at radius 3 is 2.67 bits per heavy atom. The fourth-order valence-electron chi connectivity index (χ4n) is 2.13. The number of benzene rings is 2. The number of hydrogen-bond donors (Lipinski definition) is 0. The van der Waals surface area contributed by atoms with Crippen LogP contribution in [0.4, 0.5) is 0 Å². The molecule has 0 aliphatic heterocycles. The zero-order valence-electron chi connectivity index (χ0n) is 11.0. The summed E-state index contributed by atoms with van der Waals surface area (Å²) in [6.45, 7) is 0.424. The summed E-state index contributed by atoms with van der Waals surface area (Å²) >= 11 is 7.66. The van der Waals surface area contributed by atoms with Gasteiger partial charge in [-0.05, 0) is 35.2 Å². The molecule has 0 unspecified atom stereocenters. The molecule has 21 heavy (non-hydrogen) atoms. The Hall–Kier alpha value is -2.10. The van der Waals surface area contributed by atoms with Gasteiger partial charge in [0.05, 0.1) is 0 Å². The SMILES string of the molecule is O=CO/C=C(/c1ccccc1)c1cc2cc(Cl)ccc2s1. The van der Waals surface area contributed by atoms with Crippen molar-refractivity contribution in [3.63, 3.8) is 0 Å². The summed E-state index contributed by atoms with van der Waals surface area (Å²) in [7, 11) is 0. The van der Waals surface area contributed by atoms with Crippen LogP contribution in [0.25, 0.3) is 15.7 Å². The van der Waals surface area contributed by atoms with Crippen LogP contribution < -0.4 is 0 Å². The molecule has 0 saturated carbocycles. The van der Waals surface area contributed by atoms with E-state index in [0.29, 0.717) is 11.5 Å². The van der Waals surface area contributed by atoms with E-state index in [-0.39, 0.29) is 0 Å². The molecule has 0 aliphatic rings. The highest BCUT2D eigenvalue weighted by molar-refractivity contribution is 7.20. The molecule has 3 aromatic rings. The maximum absolute atomic E-state index is 10.5. The molecule has 4 heteroatoms. The summed E-state index contributed by atoms with van der Waals surface area (Å²) in [5, 5.41) is 1.79. The summed E-state index contributed by atoms with van der Waals surface area (Å²) in [6, 6.07) is 17.7. The van der Waals surface area contributed by atoms with Gasteiger partial charge in [-0.3, -0.25) is 4.79 Å². The number of rotatable bonds is 4. The van der Waals surface area contributed by atoms with Crippen molar-refractivity contribution in [2.75, 3.05) is 0 Å². The van der Waals surface area contributed by atoms with Gasteiger partial charge >= 0.3 is 0 Å². The second-order valence-corrected chi connectivity index (χ2v) is 5.94. The van der Waals surface area contributed by atoms with Crippen molar-refractivity contribution in [2.24, 2.45) is 0 Å². The van der Waals surface area contributed by atoms with Crippen LogP contribution in [0, 0.1) is 0 Å². The quantitative estimate of drug-likeness (QED) is 0.493. The van der Waals surface area contributed by atoms with Gasteiger partial charge < -0.3 is 4.74 Å². The Labute approximate surface area is 131 Å². The number of halogens is 1. The van der Waals surface area contributed by atoms with E-state index in [9.17, 15) is 4.79 Å². The predicted molar refractivity (Wildman–Crippen MR) is 87.5 cm³/mol. The molecule has 1 heterocycles. The molecule has 104 valence electrons. The average Bonchev–Trinajstić information content (AvgIpc) is 2.91. The Bertz CT molecular complexity index is 806. The minimum absolute atomic E-state index is 0.424. The second kappa shape index (κ2) is 6.12. The smallest absolute Gasteiger partial charge is 0.297 e. The fourth-order valence-corrected chi connectivity index (χ4v) is 3.38. The van der Waals surface area contributed by atoms with Gasteiger partial charge in [-0.1, -0.05) is 41.9 Å². The van der Waals surface area contributed by atoms with E-state index in [4.69, 9.17) is 16.3 Å². The number of hydrogen-bond acceptors (Lipinski definition) is 3. The van der Waals surface area contributed by atoms with Crippen LogP contribution in [0.15, 0.2) is 60.9 Å². The monoisotopic (exact) mass is 314 g/mol. The third-order valence-corrected chi connectivity index (χ3v) is 4.45. The molecular weight excluding hydrogens is 304 g/mol. The molecule has 0 atom stereocenters. The number of ether oxygens (including phenoxy) is 1. The first-order valence-corrected chi connectivity index (χ1v) is 7.51. The summed E-state index contributed by atoms with van der Waals surface area (Å²) in [4.78, 5) is 11.5. The zero-order chi connectivity index (χ0) is 14.7. The van der Waals surface area contributed by atoms with Crippen molar-refractivity contribution < 1.29 is 9.53 Å². The maximum atomic E-state index is 10.5. The highest BCUT2D eigenvalue weighted by Gasteiger charge is 2.10. The average molecular weight is 315 g/mol. The fraction of sp³-hybridized carbons (Fsp3) is 0. The van der Waals surface area contributed by atoms with Crippen molar-refractivity contribution in [3.8, 4) is 0 Å². The zero-order valence-corrected chi connectivity index (χ0v) is 12.5. The molecule has 2 nitrogen and oxygen atoms in total.